The number of anilines is 1. The van der Waals surface area contributed by atoms with Crippen LogP contribution in [0.5, 0.6) is 5.75 Å². The summed E-state index contributed by atoms with van der Waals surface area (Å²) in [5.41, 5.74) is 0.303. The fourth-order valence-electron chi connectivity index (χ4n) is 1.49. The number of hydrogen-bond acceptors (Lipinski definition) is 3. The van der Waals surface area contributed by atoms with E-state index in [1.165, 1.54) is 43.5 Å². The minimum atomic E-state index is -3.68. The summed E-state index contributed by atoms with van der Waals surface area (Å²) in [5.74, 6) is 0.146. The second kappa shape index (κ2) is 6.58. The Balaban J connectivity index is 0.00000200. The van der Waals surface area contributed by atoms with Crippen LogP contribution in [0.4, 0.5) is 10.1 Å². The molecule has 0 radical (unpaired) electrons. The summed E-state index contributed by atoms with van der Waals surface area (Å²) in [6.45, 7) is 0. The van der Waals surface area contributed by atoms with Gasteiger partial charge in [-0.2, -0.15) is 0 Å². The fourth-order valence-corrected chi connectivity index (χ4v) is 2.55. The zero-order chi connectivity index (χ0) is 13.9. The summed E-state index contributed by atoms with van der Waals surface area (Å²) in [6.07, 6.45) is 0. The van der Waals surface area contributed by atoms with Crippen molar-refractivity contribution < 1.29 is 17.5 Å². The van der Waals surface area contributed by atoms with Crippen LogP contribution in [0, 0.1) is 5.82 Å². The van der Waals surface area contributed by atoms with Crippen molar-refractivity contribution in [2.75, 3.05) is 11.8 Å². The summed E-state index contributed by atoms with van der Waals surface area (Å²) in [5, 5.41) is 0. The minimum absolute atomic E-state index is 0. The third kappa shape index (κ3) is 3.85. The number of sulfonamides is 1. The summed E-state index contributed by atoms with van der Waals surface area (Å²) in [7, 11) is -2.18. The Morgan fingerprint density at radius 2 is 1.55 bits per heavy atom. The Labute approximate surface area is 123 Å². The SMILES string of the molecule is COc1ccc(S(=O)(=O)Nc2ccc(F)cc2)cc1.Cl. The van der Waals surface area contributed by atoms with Crippen LogP contribution in [0.15, 0.2) is 53.4 Å². The standard InChI is InChI=1S/C13H12FNO3S.ClH/c1-18-12-6-8-13(9-7-12)19(16,17)15-11-4-2-10(14)3-5-11;/h2-9,15H,1H3;1H. The lowest BCUT2D eigenvalue weighted by Gasteiger charge is -2.08. The molecule has 2 rings (SSSR count). The van der Waals surface area contributed by atoms with E-state index in [9.17, 15) is 12.8 Å². The van der Waals surface area contributed by atoms with Gasteiger partial charge in [0.1, 0.15) is 11.6 Å². The second-order valence-electron chi connectivity index (χ2n) is 3.79. The molecule has 0 spiro atoms. The van der Waals surface area contributed by atoms with Crippen molar-refractivity contribution in [1.29, 1.82) is 0 Å². The molecule has 0 saturated carbocycles. The molecule has 4 nitrogen and oxygen atoms in total. The molecule has 0 amide bonds. The first-order valence-corrected chi connectivity index (χ1v) is 6.92. The van der Waals surface area contributed by atoms with E-state index in [2.05, 4.69) is 4.72 Å². The highest BCUT2D eigenvalue weighted by Gasteiger charge is 2.13. The lowest BCUT2D eigenvalue weighted by molar-refractivity contribution is 0.414. The van der Waals surface area contributed by atoms with Crippen LogP contribution in [-0.4, -0.2) is 15.5 Å². The summed E-state index contributed by atoms with van der Waals surface area (Å²) in [4.78, 5) is 0.109. The molecule has 0 aliphatic carbocycles. The zero-order valence-corrected chi connectivity index (χ0v) is 12.2. The Hall–Kier alpha value is -1.79. The van der Waals surface area contributed by atoms with E-state index in [4.69, 9.17) is 4.74 Å². The zero-order valence-electron chi connectivity index (χ0n) is 10.5. The van der Waals surface area contributed by atoms with Gasteiger partial charge in [0.25, 0.3) is 10.0 Å². The molecule has 2 aromatic carbocycles. The number of hydrogen-bond donors (Lipinski definition) is 1. The molecular weight excluding hydrogens is 305 g/mol. The molecule has 0 aliphatic heterocycles. The van der Waals surface area contributed by atoms with Gasteiger partial charge in [-0.05, 0) is 48.5 Å². The van der Waals surface area contributed by atoms with Gasteiger partial charge in [0.15, 0.2) is 0 Å². The first kappa shape index (κ1) is 16.3. The Morgan fingerprint density at radius 1 is 1.00 bits per heavy atom. The van der Waals surface area contributed by atoms with Gasteiger partial charge in [0, 0.05) is 5.69 Å². The molecule has 1 N–H and O–H groups in total. The van der Waals surface area contributed by atoms with Crippen LogP contribution in [0.25, 0.3) is 0 Å². The van der Waals surface area contributed by atoms with Crippen molar-refractivity contribution in [2.24, 2.45) is 0 Å². The van der Waals surface area contributed by atoms with E-state index in [-0.39, 0.29) is 17.3 Å². The molecule has 108 valence electrons. The fraction of sp³-hybridized carbons (Fsp3) is 0.0769. The van der Waals surface area contributed by atoms with Gasteiger partial charge in [0.05, 0.1) is 12.0 Å². The minimum Gasteiger partial charge on any atom is -0.497 e. The van der Waals surface area contributed by atoms with Gasteiger partial charge in [-0.3, -0.25) is 4.72 Å². The van der Waals surface area contributed by atoms with Crippen molar-refractivity contribution in [1.82, 2.24) is 0 Å². The highest BCUT2D eigenvalue weighted by molar-refractivity contribution is 7.92. The molecular formula is C13H13ClFNO3S. The first-order valence-electron chi connectivity index (χ1n) is 5.44. The van der Waals surface area contributed by atoms with Crippen LogP contribution in [-0.2, 0) is 10.0 Å². The maximum Gasteiger partial charge on any atom is 0.261 e. The van der Waals surface area contributed by atoms with Gasteiger partial charge in [-0.1, -0.05) is 0 Å². The van der Waals surface area contributed by atoms with Crippen molar-refractivity contribution in [3.8, 4) is 5.75 Å². The molecule has 7 heteroatoms. The van der Waals surface area contributed by atoms with Gasteiger partial charge < -0.3 is 4.74 Å². The van der Waals surface area contributed by atoms with Crippen LogP contribution >= 0.6 is 12.4 Å². The van der Waals surface area contributed by atoms with E-state index in [0.29, 0.717) is 11.4 Å². The number of rotatable bonds is 4. The van der Waals surface area contributed by atoms with Crippen LogP contribution in [0.1, 0.15) is 0 Å². The first-order chi connectivity index (χ1) is 9.01. The molecule has 2 aromatic rings. The molecule has 0 bridgehead atoms. The van der Waals surface area contributed by atoms with Crippen LogP contribution < -0.4 is 9.46 Å². The quantitative estimate of drug-likeness (QED) is 0.943. The number of ether oxygens (including phenoxy) is 1. The van der Waals surface area contributed by atoms with Crippen LogP contribution in [0.2, 0.25) is 0 Å². The predicted octanol–water partition coefficient (Wildman–Crippen LogP) is 3.06. The van der Waals surface area contributed by atoms with Crippen molar-refractivity contribution in [2.45, 2.75) is 4.90 Å². The largest absolute Gasteiger partial charge is 0.497 e. The average molecular weight is 318 g/mol. The monoisotopic (exact) mass is 317 g/mol. The summed E-state index contributed by atoms with van der Waals surface area (Å²) in [6, 6.07) is 11.1. The smallest absolute Gasteiger partial charge is 0.261 e. The Morgan fingerprint density at radius 3 is 2.05 bits per heavy atom. The predicted molar refractivity (Wildman–Crippen MR) is 77.5 cm³/mol. The normalized spacial score (nSPS) is 10.5. The van der Waals surface area contributed by atoms with Gasteiger partial charge in [-0.25, -0.2) is 12.8 Å². The van der Waals surface area contributed by atoms with E-state index in [1.807, 2.05) is 0 Å². The Kier molecular flexibility index (Phi) is 5.35. The third-order valence-electron chi connectivity index (χ3n) is 2.47. The van der Waals surface area contributed by atoms with Crippen LogP contribution in [0.3, 0.4) is 0 Å². The Bertz CT molecular complexity index is 657. The molecule has 0 unspecified atom stereocenters. The summed E-state index contributed by atoms with van der Waals surface area (Å²) < 4.78 is 44.1. The molecule has 0 aromatic heterocycles. The average Bonchev–Trinajstić information content (AvgIpc) is 2.41. The summed E-state index contributed by atoms with van der Waals surface area (Å²) >= 11 is 0. The van der Waals surface area contributed by atoms with E-state index < -0.39 is 15.8 Å². The van der Waals surface area contributed by atoms with Gasteiger partial charge in [0.2, 0.25) is 0 Å². The maximum absolute atomic E-state index is 12.7. The number of methoxy groups -OCH3 is 1. The highest BCUT2D eigenvalue weighted by atomic mass is 35.5. The number of benzene rings is 2. The second-order valence-corrected chi connectivity index (χ2v) is 5.47. The molecule has 0 heterocycles. The van der Waals surface area contributed by atoms with Crippen molar-refractivity contribution >= 4 is 28.1 Å². The maximum atomic E-state index is 12.7. The van der Waals surface area contributed by atoms with Gasteiger partial charge in [-0.15, -0.1) is 12.4 Å². The van der Waals surface area contributed by atoms with Gasteiger partial charge >= 0.3 is 0 Å². The molecule has 20 heavy (non-hydrogen) atoms. The topological polar surface area (TPSA) is 55.4 Å². The number of nitrogens with one attached hydrogen (secondary N) is 1. The van der Waals surface area contributed by atoms with E-state index >= 15 is 0 Å². The lowest BCUT2D eigenvalue weighted by atomic mass is 10.3. The molecule has 0 aliphatic rings. The molecule has 0 fully saturated rings. The molecule has 0 saturated heterocycles. The van der Waals surface area contributed by atoms with E-state index in [0.717, 1.165) is 0 Å². The van der Waals surface area contributed by atoms with E-state index in [1.54, 1.807) is 12.1 Å². The third-order valence-corrected chi connectivity index (χ3v) is 3.86. The lowest BCUT2D eigenvalue weighted by Crippen LogP contribution is -2.12. The van der Waals surface area contributed by atoms with Crippen molar-refractivity contribution in [3.63, 3.8) is 0 Å². The molecule has 0 atom stereocenters. The van der Waals surface area contributed by atoms with Crippen molar-refractivity contribution in [3.05, 3.63) is 54.3 Å². The highest BCUT2D eigenvalue weighted by Crippen LogP contribution is 2.19. The number of halogens is 2.